The second kappa shape index (κ2) is 7.79. The van der Waals surface area contributed by atoms with Crippen molar-refractivity contribution in [1.82, 2.24) is 14.3 Å². The summed E-state index contributed by atoms with van der Waals surface area (Å²) in [6.07, 6.45) is 3.83. The summed E-state index contributed by atoms with van der Waals surface area (Å²) >= 11 is 6.31. The highest BCUT2D eigenvalue weighted by Gasteiger charge is 2.29. The van der Waals surface area contributed by atoms with Gasteiger partial charge >= 0.3 is 0 Å². The van der Waals surface area contributed by atoms with Gasteiger partial charge in [-0.05, 0) is 31.1 Å². The zero-order valence-electron chi connectivity index (χ0n) is 15.2. The first kappa shape index (κ1) is 19.5. The first-order valence-electron chi connectivity index (χ1n) is 8.48. The summed E-state index contributed by atoms with van der Waals surface area (Å²) in [7, 11) is 1.60. The van der Waals surface area contributed by atoms with E-state index in [2.05, 4.69) is 10.3 Å². The lowest BCUT2D eigenvalue weighted by Crippen LogP contribution is -2.28. The van der Waals surface area contributed by atoms with Gasteiger partial charge in [0.25, 0.3) is 11.5 Å². The van der Waals surface area contributed by atoms with Crippen LogP contribution in [0.15, 0.2) is 28.0 Å². The Morgan fingerprint density at radius 3 is 2.78 bits per heavy atom. The Morgan fingerprint density at radius 1 is 1.44 bits per heavy atom. The van der Waals surface area contributed by atoms with Crippen molar-refractivity contribution in [2.45, 2.75) is 26.3 Å². The Hall–Kier alpha value is -2.23. The molecular formula is C18H20N4O3S2. The molecule has 0 radical (unpaired) electrons. The predicted molar refractivity (Wildman–Crippen MR) is 112 cm³/mol. The van der Waals surface area contributed by atoms with Gasteiger partial charge in [-0.1, -0.05) is 37.0 Å². The van der Waals surface area contributed by atoms with Gasteiger partial charge in [-0.25, -0.2) is 4.98 Å². The fourth-order valence-electron chi connectivity index (χ4n) is 2.70. The molecule has 2 aromatic heterocycles. The maximum absolute atomic E-state index is 13.1. The van der Waals surface area contributed by atoms with Crippen molar-refractivity contribution in [3.8, 4) is 0 Å². The Bertz CT molecular complexity index is 1010. The third-order valence-electron chi connectivity index (χ3n) is 4.40. The van der Waals surface area contributed by atoms with Crippen LogP contribution in [0.2, 0.25) is 0 Å². The number of thioether (sulfide) groups is 1. The number of fused-ring (bicyclic) bond motifs is 1. The first-order chi connectivity index (χ1) is 12.9. The lowest BCUT2D eigenvalue weighted by Gasteiger charge is -2.17. The molecule has 0 saturated carbocycles. The van der Waals surface area contributed by atoms with Crippen molar-refractivity contribution in [3.05, 3.63) is 44.7 Å². The maximum atomic E-state index is 13.1. The highest BCUT2D eigenvalue weighted by atomic mass is 32.2. The van der Waals surface area contributed by atoms with E-state index in [-0.39, 0.29) is 29.7 Å². The molecule has 0 spiro atoms. The van der Waals surface area contributed by atoms with Gasteiger partial charge in [-0.15, -0.1) is 0 Å². The van der Waals surface area contributed by atoms with Crippen LogP contribution in [-0.2, 0) is 4.79 Å². The average Bonchev–Trinajstić information content (AvgIpc) is 2.90. The van der Waals surface area contributed by atoms with Gasteiger partial charge in [-0.3, -0.25) is 18.9 Å². The summed E-state index contributed by atoms with van der Waals surface area (Å²) < 4.78 is 1.89. The third kappa shape index (κ3) is 3.62. The van der Waals surface area contributed by atoms with Crippen molar-refractivity contribution in [2.24, 2.45) is 0 Å². The lowest BCUT2D eigenvalue weighted by molar-refractivity contribution is -0.121. The summed E-state index contributed by atoms with van der Waals surface area (Å²) in [4.78, 5) is 31.8. The number of aliphatic hydroxyl groups is 1. The van der Waals surface area contributed by atoms with E-state index in [1.165, 1.54) is 15.4 Å². The summed E-state index contributed by atoms with van der Waals surface area (Å²) in [6, 6.07) is 3.39. The van der Waals surface area contributed by atoms with Crippen molar-refractivity contribution < 1.29 is 9.90 Å². The summed E-state index contributed by atoms with van der Waals surface area (Å²) in [5, 5.41) is 12.7. The van der Waals surface area contributed by atoms with Crippen LogP contribution < -0.4 is 10.9 Å². The van der Waals surface area contributed by atoms with Crippen LogP contribution in [0.3, 0.4) is 0 Å². The number of nitrogens with one attached hydrogen (secondary N) is 1. The second-order valence-corrected chi connectivity index (χ2v) is 7.91. The minimum Gasteiger partial charge on any atom is -0.394 e. The van der Waals surface area contributed by atoms with E-state index >= 15 is 0 Å². The van der Waals surface area contributed by atoms with Crippen LogP contribution in [0.4, 0.5) is 5.82 Å². The number of anilines is 1. The van der Waals surface area contributed by atoms with E-state index in [9.17, 15) is 14.7 Å². The van der Waals surface area contributed by atoms with Gasteiger partial charge < -0.3 is 10.4 Å². The molecule has 1 atom stereocenters. The van der Waals surface area contributed by atoms with Crippen LogP contribution >= 0.6 is 24.0 Å². The van der Waals surface area contributed by atoms with Crippen molar-refractivity contribution in [1.29, 1.82) is 0 Å². The molecule has 0 bridgehead atoms. The van der Waals surface area contributed by atoms with Crippen LogP contribution in [0.5, 0.6) is 0 Å². The number of amides is 1. The minimum absolute atomic E-state index is 0.0954. The molecule has 27 heavy (non-hydrogen) atoms. The number of rotatable bonds is 5. The number of pyridine rings is 1. The number of hydrogen-bond donors (Lipinski definition) is 2. The quantitative estimate of drug-likeness (QED) is 0.582. The molecule has 1 aliphatic rings. The molecule has 2 aromatic rings. The summed E-state index contributed by atoms with van der Waals surface area (Å²) in [5.41, 5.74) is 1.35. The van der Waals surface area contributed by atoms with Crippen molar-refractivity contribution in [2.75, 3.05) is 19.0 Å². The molecule has 2 N–H and O–H groups in total. The molecule has 142 valence electrons. The SMILES string of the molecule is CCC(CO)Nc1nc2c(C)cccn2c(=O)c1/C=C1\SC(=S)N(C)C1=O. The Labute approximate surface area is 166 Å². The predicted octanol–water partition coefficient (Wildman–Crippen LogP) is 2.02. The van der Waals surface area contributed by atoms with E-state index < -0.39 is 0 Å². The second-order valence-electron chi connectivity index (χ2n) is 6.24. The lowest BCUT2D eigenvalue weighted by atomic mass is 10.2. The smallest absolute Gasteiger partial charge is 0.267 e. The minimum atomic E-state index is -0.291. The third-order valence-corrected chi connectivity index (χ3v) is 5.89. The number of hydrogen-bond acceptors (Lipinski definition) is 7. The fourth-order valence-corrected chi connectivity index (χ4v) is 3.86. The summed E-state index contributed by atoms with van der Waals surface area (Å²) in [5.74, 6) is 0.0930. The zero-order valence-corrected chi connectivity index (χ0v) is 16.9. The van der Waals surface area contributed by atoms with Gasteiger partial charge in [0, 0.05) is 13.2 Å². The van der Waals surface area contributed by atoms with E-state index in [0.717, 1.165) is 17.3 Å². The van der Waals surface area contributed by atoms with E-state index in [4.69, 9.17) is 12.2 Å². The maximum Gasteiger partial charge on any atom is 0.267 e. The van der Waals surface area contributed by atoms with E-state index in [1.807, 2.05) is 19.9 Å². The highest BCUT2D eigenvalue weighted by Crippen LogP contribution is 2.32. The summed E-state index contributed by atoms with van der Waals surface area (Å²) in [6.45, 7) is 3.70. The molecule has 0 aromatic carbocycles. The van der Waals surface area contributed by atoms with Gasteiger partial charge in [0.1, 0.15) is 15.8 Å². The number of thiocarbonyl (C=S) groups is 1. The van der Waals surface area contributed by atoms with Crippen LogP contribution in [0, 0.1) is 6.92 Å². The Kier molecular flexibility index (Phi) is 5.64. The normalized spacial score (nSPS) is 17.2. The molecule has 9 heteroatoms. The zero-order chi connectivity index (χ0) is 19.7. The van der Waals surface area contributed by atoms with Crippen molar-refractivity contribution >= 4 is 51.7 Å². The average molecular weight is 405 g/mol. The Morgan fingerprint density at radius 2 is 2.19 bits per heavy atom. The molecule has 1 saturated heterocycles. The van der Waals surface area contributed by atoms with E-state index in [1.54, 1.807) is 19.3 Å². The number of nitrogens with zero attached hydrogens (tertiary/aromatic N) is 3. The standard InChI is InChI=1S/C18H20N4O3S2/c1-4-11(9-23)19-14-12(8-13-17(25)21(3)18(26)27-13)16(24)22-7-5-6-10(2)15(22)20-14/h5-8,11,19,23H,4,9H2,1-3H3/b13-8-. The molecule has 1 aliphatic heterocycles. The molecule has 7 nitrogen and oxygen atoms in total. The van der Waals surface area contributed by atoms with Gasteiger partial charge in [0.05, 0.1) is 23.1 Å². The number of carbonyl (C=O) groups is 1. The molecule has 1 fully saturated rings. The fraction of sp³-hybridized carbons (Fsp3) is 0.333. The number of carbonyl (C=O) groups excluding carboxylic acids is 1. The number of aromatic nitrogens is 2. The number of aryl methyl sites for hydroxylation is 1. The van der Waals surface area contributed by atoms with Crippen LogP contribution in [0.25, 0.3) is 11.7 Å². The first-order valence-corrected chi connectivity index (χ1v) is 9.70. The highest BCUT2D eigenvalue weighted by molar-refractivity contribution is 8.26. The largest absolute Gasteiger partial charge is 0.394 e. The number of likely N-dealkylation sites (N-methyl/N-ethyl adjacent to an activating group) is 1. The Balaban J connectivity index is 2.23. The monoisotopic (exact) mass is 404 g/mol. The van der Waals surface area contributed by atoms with E-state index in [0.29, 0.717) is 27.1 Å². The molecule has 1 amide bonds. The topological polar surface area (TPSA) is 86.9 Å². The van der Waals surface area contributed by atoms with Gasteiger partial charge in [0.15, 0.2) is 0 Å². The van der Waals surface area contributed by atoms with Crippen molar-refractivity contribution in [3.63, 3.8) is 0 Å². The van der Waals surface area contributed by atoms with Crippen LogP contribution in [-0.4, -0.2) is 49.3 Å². The van der Waals surface area contributed by atoms with Crippen LogP contribution in [0.1, 0.15) is 24.5 Å². The molecular weight excluding hydrogens is 384 g/mol. The molecule has 3 heterocycles. The molecule has 3 rings (SSSR count). The molecule has 0 aliphatic carbocycles. The van der Waals surface area contributed by atoms with Gasteiger partial charge in [-0.2, -0.15) is 0 Å². The molecule has 1 unspecified atom stereocenters. The van der Waals surface area contributed by atoms with Gasteiger partial charge in [0.2, 0.25) is 0 Å². The number of aliphatic hydroxyl groups excluding tert-OH is 1.